The summed E-state index contributed by atoms with van der Waals surface area (Å²) in [4.78, 5) is 24.7. The van der Waals surface area contributed by atoms with Crippen LogP contribution >= 0.6 is 0 Å². The zero-order valence-corrected chi connectivity index (χ0v) is 9.76. The highest BCUT2D eigenvalue weighted by Gasteiger charge is 2.25. The molecule has 4 nitrogen and oxygen atoms in total. The Labute approximate surface area is 101 Å². The molecule has 0 bridgehead atoms. The van der Waals surface area contributed by atoms with Gasteiger partial charge in [0.15, 0.2) is 0 Å². The van der Waals surface area contributed by atoms with E-state index in [0.29, 0.717) is 6.42 Å². The van der Waals surface area contributed by atoms with Crippen LogP contribution in [-0.2, 0) is 9.59 Å². The maximum absolute atomic E-state index is 12.1. The molecule has 17 heavy (non-hydrogen) atoms. The van der Waals surface area contributed by atoms with E-state index >= 15 is 0 Å². The van der Waals surface area contributed by atoms with Gasteiger partial charge in [-0.1, -0.05) is 18.2 Å². The molecule has 4 heteroatoms. The minimum Gasteiger partial charge on any atom is -0.478 e. The number of carboxylic acids is 1. The lowest BCUT2D eigenvalue weighted by Gasteiger charge is -2.29. The minimum atomic E-state index is -0.926. The highest BCUT2D eigenvalue weighted by atomic mass is 16.4. The van der Waals surface area contributed by atoms with E-state index < -0.39 is 5.97 Å². The molecule has 1 N–H and O–H groups in total. The fraction of sp³-hybridized carbons (Fsp3) is 0.538. The first kappa shape index (κ1) is 11.9. The van der Waals surface area contributed by atoms with Crippen molar-refractivity contribution in [1.29, 1.82) is 0 Å². The Balaban J connectivity index is 1.95. The third-order valence-corrected chi connectivity index (χ3v) is 3.33. The van der Waals surface area contributed by atoms with E-state index in [9.17, 15) is 9.59 Å². The molecule has 0 aromatic rings. The van der Waals surface area contributed by atoms with Crippen LogP contribution in [0.4, 0.5) is 0 Å². The second-order valence-electron chi connectivity index (χ2n) is 4.55. The van der Waals surface area contributed by atoms with Gasteiger partial charge in [0, 0.05) is 13.1 Å². The van der Waals surface area contributed by atoms with Gasteiger partial charge in [-0.3, -0.25) is 4.79 Å². The van der Waals surface area contributed by atoms with Crippen molar-refractivity contribution in [3.8, 4) is 0 Å². The quantitative estimate of drug-likeness (QED) is 0.790. The summed E-state index contributed by atoms with van der Waals surface area (Å²) in [5.74, 6) is -0.956. The van der Waals surface area contributed by atoms with E-state index in [1.54, 1.807) is 18.2 Å². The number of nitrogens with zero attached hydrogens (tertiary/aromatic N) is 1. The summed E-state index contributed by atoms with van der Waals surface area (Å²) in [6.07, 6.45) is 8.77. The number of allylic oxidation sites excluding steroid dienone is 1. The first-order valence-corrected chi connectivity index (χ1v) is 6.09. The number of amides is 1. The van der Waals surface area contributed by atoms with Gasteiger partial charge in [-0.15, -0.1) is 0 Å². The van der Waals surface area contributed by atoms with Crippen LogP contribution in [0.5, 0.6) is 0 Å². The summed E-state index contributed by atoms with van der Waals surface area (Å²) in [6, 6.07) is 0. The second-order valence-corrected chi connectivity index (χ2v) is 4.55. The van der Waals surface area contributed by atoms with Gasteiger partial charge < -0.3 is 10.0 Å². The van der Waals surface area contributed by atoms with Crippen molar-refractivity contribution in [1.82, 2.24) is 4.90 Å². The SMILES string of the molecule is O=C(O)C1=CCC(C(=O)N2CCCCC2)C=C1. The topological polar surface area (TPSA) is 57.6 Å². The molecule has 1 aliphatic carbocycles. The maximum atomic E-state index is 12.1. The molecule has 2 aliphatic rings. The summed E-state index contributed by atoms with van der Waals surface area (Å²) in [7, 11) is 0. The zero-order valence-electron chi connectivity index (χ0n) is 9.76. The summed E-state index contributed by atoms with van der Waals surface area (Å²) in [6.45, 7) is 1.69. The van der Waals surface area contributed by atoms with Crippen molar-refractivity contribution < 1.29 is 14.7 Å². The number of likely N-dealkylation sites (tertiary alicyclic amines) is 1. The highest BCUT2D eigenvalue weighted by Crippen LogP contribution is 2.21. The van der Waals surface area contributed by atoms with Gasteiger partial charge >= 0.3 is 5.97 Å². The van der Waals surface area contributed by atoms with Crippen LogP contribution in [0.3, 0.4) is 0 Å². The van der Waals surface area contributed by atoms with Crippen LogP contribution in [0.1, 0.15) is 25.7 Å². The van der Waals surface area contributed by atoms with Crippen molar-refractivity contribution in [2.45, 2.75) is 25.7 Å². The predicted molar refractivity (Wildman–Crippen MR) is 63.4 cm³/mol. The smallest absolute Gasteiger partial charge is 0.335 e. The molecule has 1 atom stereocenters. The number of carbonyl (C=O) groups is 2. The van der Waals surface area contributed by atoms with Crippen molar-refractivity contribution in [3.63, 3.8) is 0 Å². The molecule has 0 aromatic carbocycles. The van der Waals surface area contributed by atoms with Gasteiger partial charge in [0.1, 0.15) is 0 Å². The molecule has 0 radical (unpaired) electrons. The van der Waals surface area contributed by atoms with Crippen LogP contribution < -0.4 is 0 Å². The normalized spacial score (nSPS) is 24.4. The predicted octanol–water partition coefficient (Wildman–Crippen LogP) is 1.59. The van der Waals surface area contributed by atoms with Crippen LogP contribution in [-0.4, -0.2) is 35.0 Å². The summed E-state index contributed by atoms with van der Waals surface area (Å²) < 4.78 is 0. The standard InChI is InChI=1S/C13H17NO3/c15-12(14-8-2-1-3-9-14)10-4-6-11(7-5-10)13(16)17/h4,6-7,10H,1-3,5,8-9H2,(H,16,17). The fourth-order valence-corrected chi connectivity index (χ4v) is 2.31. The van der Waals surface area contributed by atoms with Crippen LogP contribution in [0.25, 0.3) is 0 Å². The Morgan fingerprint density at radius 2 is 1.94 bits per heavy atom. The van der Waals surface area contributed by atoms with Crippen LogP contribution in [0.15, 0.2) is 23.8 Å². The summed E-state index contributed by atoms with van der Waals surface area (Å²) in [5.41, 5.74) is 0.285. The molecular formula is C13H17NO3. The largest absolute Gasteiger partial charge is 0.478 e. The van der Waals surface area contributed by atoms with Gasteiger partial charge in [0.25, 0.3) is 0 Å². The Bertz CT molecular complexity index is 378. The monoisotopic (exact) mass is 235 g/mol. The molecule has 1 heterocycles. The van der Waals surface area contributed by atoms with Gasteiger partial charge in [-0.2, -0.15) is 0 Å². The number of rotatable bonds is 2. The molecule has 1 fully saturated rings. The van der Waals surface area contributed by atoms with Crippen molar-refractivity contribution in [3.05, 3.63) is 23.8 Å². The molecule has 0 spiro atoms. The third-order valence-electron chi connectivity index (χ3n) is 3.33. The summed E-state index contributed by atoms with van der Waals surface area (Å²) in [5, 5.41) is 8.80. The Morgan fingerprint density at radius 1 is 1.24 bits per heavy atom. The number of carbonyl (C=O) groups excluding carboxylic acids is 1. The lowest BCUT2D eigenvalue weighted by atomic mass is 9.94. The fourth-order valence-electron chi connectivity index (χ4n) is 2.31. The number of aliphatic carboxylic acids is 1. The first-order valence-electron chi connectivity index (χ1n) is 6.09. The average molecular weight is 235 g/mol. The lowest BCUT2D eigenvalue weighted by molar-refractivity contribution is -0.135. The van der Waals surface area contributed by atoms with Crippen molar-refractivity contribution >= 4 is 11.9 Å². The number of carboxylic acid groups (broad SMARTS) is 1. The Kier molecular flexibility index (Phi) is 3.61. The average Bonchev–Trinajstić information content (AvgIpc) is 2.39. The molecule has 0 saturated carbocycles. The maximum Gasteiger partial charge on any atom is 0.335 e. The first-order chi connectivity index (χ1) is 8.18. The molecule has 2 rings (SSSR count). The Morgan fingerprint density at radius 3 is 2.47 bits per heavy atom. The molecule has 1 unspecified atom stereocenters. The van der Waals surface area contributed by atoms with E-state index in [0.717, 1.165) is 25.9 Å². The second kappa shape index (κ2) is 5.17. The van der Waals surface area contributed by atoms with E-state index in [1.807, 2.05) is 4.90 Å². The molecule has 92 valence electrons. The molecular weight excluding hydrogens is 218 g/mol. The van der Waals surface area contributed by atoms with E-state index in [4.69, 9.17) is 5.11 Å². The lowest BCUT2D eigenvalue weighted by Crippen LogP contribution is -2.39. The summed E-state index contributed by atoms with van der Waals surface area (Å²) >= 11 is 0. The van der Waals surface area contributed by atoms with Crippen LogP contribution in [0, 0.1) is 5.92 Å². The van der Waals surface area contributed by atoms with E-state index in [-0.39, 0.29) is 17.4 Å². The van der Waals surface area contributed by atoms with Gasteiger partial charge in [-0.25, -0.2) is 4.79 Å². The van der Waals surface area contributed by atoms with Crippen LogP contribution in [0.2, 0.25) is 0 Å². The van der Waals surface area contributed by atoms with Crippen molar-refractivity contribution in [2.24, 2.45) is 5.92 Å². The van der Waals surface area contributed by atoms with E-state index in [2.05, 4.69) is 0 Å². The van der Waals surface area contributed by atoms with Crippen molar-refractivity contribution in [2.75, 3.05) is 13.1 Å². The van der Waals surface area contributed by atoms with Gasteiger partial charge in [-0.05, 0) is 25.7 Å². The molecule has 1 aliphatic heterocycles. The van der Waals surface area contributed by atoms with Gasteiger partial charge in [0.2, 0.25) is 5.91 Å². The molecule has 0 aromatic heterocycles. The number of hydrogen-bond acceptors (Lipinski definition) is 2. The number of piperidine rings is 1. The highest BCUT2D eigenvalue weighted by molar-refractivity contribution is 5.91. The van der Waals surface area contributed by atoms with Gasteiger partial charge in [0.05, 0.1) is 11.5 Å². The number of hydrogen-bond donors (Lipinski definition) is 1. The molecule has 1 amide bonds. The minimum absolute atomic E-state index is 0.140. The molecule has 1 saturated heterocycles. The Hall–Kier alpha value is -1.58. The van der Waals surface area contributed by atoms with E-state index in [1.165, 1.54) is 6.42 Å². The zero-order chi connectivity index (χ0) is 12.3. The third kappa shape index (κ3) is 2.75.